The van der Waals surface area contributed by atoms with Crippen LogP contribution in [0.25, 0.3) is 10.8 Å². The average Bonchev–Trinajstić information content (AvgIpc) is 2.64. The number of halogens is 1. The summed E-state index contributed by atoms with van der Waals surface area (Å²) in [6.45, 7) is 1.45. The summed E-state index contributed by atoms with van der Waals surface area (Å²) in [5.41, 5.74) is 0.184. The van der Waals surface area contributed by atoms with Crippen molar-refractivity contribution in [3.8, 4) is 5.88 Å². The predicted octanol–water partition coefficient (Wildman–Crippen LogP) is 2.53. The quantitative estimate of drug-likeness (QED) is 0.384. The Bertz CT molecular complexity index is 1100. The Morgan fingerprint density at radius 1 is 1.15 bits per heavy atom. The number of fused-ring (bicyclic) bond motifs is 1. The molecule has 26 heavy (non-hydrogen) atoms. The van der Waals surface area contributed by atoms with Crippen LogP contribution in [0.15, 0.2) is 53.6 Å². The molecule has 1 aromatic heterocycles. The molecule has 3 rings (SSSR count). The zero-order valence-corrected chi connectivity index (χ0v) is 15.1. The zero-order chi connectivity index (χ0) is 18.9. The standard InChI is InChI=1S/C17H13ClN2O5S/c1-2-26(23,24)15-13-5-3-4-6-14(13)16(20(22)19-15)25-17(21)11-7-9-12(18)10-8-11/h3-10H,2H2,1H3. The first-order valence-corrected chi connectivity index (χ1v) is 9.59. The van der Waals surface area contributed by atoms with Gasteiger partial charge in [0.05, 0.1) is 11.3 Å². The first kappa shape index (κ1) is 18.1. The van der Waals surface area contributed by atoms with Gasteiger partial charge >= 0.3 is 11.8 Å². The van der Waals surface area contributed by atoms with Crippen LogP contribution in [-0.2, 0) is 9.84 Å². The van der Waals surface area contributed by atoms with E-state index in [0.717, 1.165) is 0 Å². The van der Waals surface area contributed by atoms with Crippen molar-refractivity contribution < 1.29 is 22.8 Å². The Balaban J connectivity index is 2.13. The lowest BCUT2D eigenvalue weighted by Gasteiger charge is -2.09. The molecule has 134 valence electrons. The van der Waals surface area contributed by atoms with Crippen LogP contribution in [-0.4, -0.2) is 25.2 Å². The molecule has 9 heteroatoms. The molecule has 0 unspecified atom stereocenters. The normalized spacial score (nSPS) is 11.5. The molecule has 7 nitrogen and oxygen atoms in total. The summed E-state index contributed by atoms with van der Waals surface area (Å²) in [6, 6.07) is 12.1. The average molecular weight is 393 g/mol. The van der Waals surface area contributed by atoms with Crippen molar-refractivity contribution in [2.24, 2.45) is 0 Å². The van der Waals surface area contributed by atoms with Gasteiger partial charge in [-0.2, -0.15) is 0 Å². The molecular formula is C17H13ClN2O5S. The number of nitrogens with zero attached hydrogens (tertiary/aromatic N) is 2. The number of ether oxygens (including phenoxy) is 1. The van der Waals surface area contributed by atoms with Gasteiger partial charge in [0.1, 0.15) is 5.39 Å². The first-order valence-electron chi connectivity index (χ1n) is 7.56. The number of carbonyl (C=O) groups excluding carboxylic acids is 1. The van der Waals surface area contributed by atoms with Crippen LogP contribution in [0.1, 0.15) is 17.3 Å². The van der Waals surface area contributed by atoms with Crippen LogP contribution in [0.5, 0.6) is 5.88 Å². The SMILES string of the molecule is CCS(=O)(=O)c1n[n+]([O-])c(OC(=O)c2ccc(Cl)cc2)c2ccccc12. The highest BCUT2D eigenvalue weighted by molar-refractivity contribution is 7.91. The molecule has 1 heterocycles. The van der Waals surface area contributed by atoms with E-state index >= 15 is 0 Å². The lowest BCUT2D eigenvalue weighted by Crippen LogP contribution is -2.37. The summed E-state index contributed by atoms with van der Waals surface area (Å²) < 4.78 is 29.6. The third-order valence-electron chi connectivity index (χ3n) is 3.69. The third kappa shape index (κ3) is 3.33. The second kappa shape index (κ2) is 6.89. The van der Waals surface area contributed by atoms with Crippen LogP contribution < -0.4 is 9.58 Å². The smallest absolute Gasteiger partial charge is 0.422 e. The number of sulfone groups is 1. The second-order valence-corrected chi connectivity index (χ2v) is 7.96. The molecule has 0 saturated carbocycles. The fourth-order valence-electron chi connectivity index (χ4n) is 2.33. The van der Waals surface area contributed by atoms with Gasteiger partial charge in [-0.3, -0.25) is 0 Å². The van der Waals surface area contributed by atoms with Gasteiger partial charge in [-0.05, 0) is 35.2 Å². The van der Waals surface area contributed by atoms with Gasteiger partial charge in [-0.1, -0.05) is 36.7 Å². The molecule has 2 aromatic carbocycles. The Morgan fingerprint density at radius 2 is 1.77 bits per heavy atom. The second-order valence-electron chi connectivity index (χ2n) is 5.33. The fraction of sp³-hybridized carbons (Fsp3) is 0.118. The zero-order valence-electron chi connectivity index (χ0n) is 13.5. The number of carbonyl (C=O) groups is 1. The van der Waals surface area contributed by atoms with Crippen molar-refractivity contribution in [2.45, 2.75) is 11.9 Å². The minimum atomic E-state index is -3.74. The third-order valence-corrected chi connectivity index (χ3v) is 5.59. The van der Waals surface area contributed by atoms with Crippen molar-refractivity contribution in [1.29, 1.82) is 0 Å². The van der Waals surface area contributed by atoms with Crippen molar-refractivity contribution in [2.75, 3.05) is 5.75 Å². The minimum absolute atomic E-state index is 0.0126. The summed E-state index contributed by atoms with van der Waals surface area (Å²) >= 11 is 5.78. The minimum Gasteiger partial charge on any atom is -0.591 e. The van der Waals surface area contributed by atoms with Crippen molar-refractivity contribution in [1.82, 2.24) is 5.10 Å². The molecule has 0 radical (unpaired) electrons. The number of hydrogen-bond acceptors (Lipinski definition) is 6. The van der Waals surface area contributed by atoms with Gasteiger partial charge < -0.3 is 9.94 Å². The van der Waals surface area contributed by atoms with Crippen molar-refractivity contribution >= 4 is 38.2 Å². The van der Waals surface area contributed by atoms with Crippen LogP contribution >= 0.6 is 11.6 Å². The molecule has 0 aliphatic rings. The van der Waals surface area contributed by atoms with E-state index in [9.17, 15) is 18.4 Å². The fourth-order valence-corrected chi connectivity index (χ4v) is 3.45. The molecule has 0 bridgehead atoms. The Hall–Kier alpha value is -2.71. The molecule has 0 spiro atoms. The van der Waals surface area contributed by atoms with E-state index in [1.165, 1.54) is 43.3 Å². The first-order chi connectivity index (χ1) is 12.3. The van der Waals surface area contributed by atoms with Gasteiger partial charge in [-0.15, -0.1) is 0 Å². The topological polar surface area (TPSA) is 100 Å². The monoisotopic (exact) mass is 392 g/mol. The largest absolute Gasteiger partial charge is 0.591 e. The van der Waals surface area contributed by atoms with E-state index < -0.39 is 21.7 Å². The lowest BCUT2D eigenvalue weighted by atomic mass is 10.2. The van der Waals surface area contributed by atoms with E-state index in [-0.39, 0.29) is 32.0 Å². The highest BCUT2D eigenvalue weighted by atomic mass is 35.5. The van der Waals surface area contributed by atoms with Crippen LogP contribution in [0.3, 0.4) is 0 Å². The summed E-state index contributed by atoms with van der Waals surface area (Å²) in [7, 11) is -3.74. The molecule has 0 fully saturated rings. The van der Waals surface area contributed by atoms with Gasteiger partial charge in [0.2, 0.25) is 14.9 Å². The van der Waals surface area contributed by atoms with Gasteiger partial charge in [0.15, 0.2) is 0 Å². The molecule has 0 atom stereocenters. The summed E-state index contributed by atoms with van der Waals surface area (Å²) in [4.78, 5) is 12.3. The maximum atomic E-state index is 12.3. The molecule has 0 aliphatic carbocycles. The summed E-state index contributed by atoms with van der Waals surface area (Å²) in [5.74, 6) is -1.40. The summed E-state index contributed by atoms with van der Waals surface area (Å²) in [5, 5.41) is 16.3. The van der Waals surface area contributed by atoms with E-state index in [0.29, 0.717) is 5.02 Å². The van der Waals surface area contributed by atoms with Gasteiger partial charge in [-0.25, -0.2) is 13.2 Å². The number of esters is 1. The van der Waals surface area contributed by atoms with E-state index in [4.69, 9.17) is 16.3 Å². The van der Waals surface area contributed by atoms with E-state index in [2.05, 4.69) is 5.10 Å². The maximum Gasteiger partial charge on any atom is 0.422 e. The Morgan fingerprint density at radius 3 is 2.38 bits per heavy atom. The maximum absolute atomic E-state index is 12.3. The van der Waals surface area contributed by atoms with E-state index in [1.807, 2.05) is 0 Å². The van der Waals surface area contributed by atoms with E-state index in [1.54, 1.807) is 12.1 Å². The number of rotatable bonds is 4. The molecular weight excluding hydrogens is 380 g/mol. The lowest BCUT2D eigenvalue weighted by molar-refractivity contribution is -0.675. The molecule has 0 amide bonds. The number of hydrogen-bond donors (Lipinski definition) is 0. The molecule has 0 N–H and O–H groups in total. The highest BCUT2D eigenvalue weighted by Gasteiger charge is 2.28. The molecule has 0 saturated heterocycles. The Labute approximate surface area is 154 Å². The molecule has 0 aliphatic heterocycles. The summed E-state index contributed by atoms with van der Waals surface area (Å²) in [6.07, 6.45) is 0. The number of aromatic nitrogens is 2. The van der Waals surface area contributed by atoms with Crippen LogP contribution in [0.4, 0.5) is 0 Å². The van der Waals surface area contributed by atoms with Crippen molar-refractivity contribution in [3.63, 3.8) is 0 Å². The van der Waals surface area contributed by atoms with Crippen LogP contribution in [0, 0.1) is 5.21 Å². The highest BCUT2D eigenvalue weighted by Crippen LogP contribution is 2.27. The van der Waals surface area contributed by atoms with Gasteiger partial charge in [0, 0.05) is 15.5 Å². The van der Waals surface area contributed by atoms with Crippen LogP contribution in [0.2, 0.25) is 5.02 Å². The predicted molar refractivity (Wildman–Crippen MR) is 94.8 cm³/mol. The van der Waals surface area contributed by atoms with Crippen molar-refractivity contribution in [3.05, 3.63) is 64.3 Å². The number of benzene rings is 2. The Kier molecular flexibility index (Phi) is 4.80. The van der Waals surface area contributed by atoms with Gasteiger partial charge in [0.25, 0.3) is 0 Å². The molecule has 3 aromatic rings.